The van der Waals surface area contributed by atoms with Crippen molar-refractivity contribution in [2.24, 2.45) is 0 Å². The molecule has 0 unspecified atom stereocenters. The van der Waals surface area contributed by atoms with E-state index in [0.29, 0.717) is 6.42 Å². The summed E-state index contributed by atoms with van der Waals surface area (Å²) in [7, 11) is 3.61. The maximum atomic E-state index is 12.3. The molecule has 0 rings (SSSR count). The Kier molecular flexibility index (Phi) is 17.4. The van der Waals surface area contributed by atoms with Crippen LogP contribution in [0.2, 0.25) is 0 Å². The fraction of sp³-hybridized carbons (Fsp3) is 0.783. The fourth-order valence-corrected chi connectivity index (χ4v) is 3.20. The minimum absolute atomic E-state index is 0.00611. The first-order chi connectivity index (χ1) is 15.8. The van der Waals surface area contributed by atoms with Gasteiger partial charge in [-0.25, -0.2) is 9.59 Å². The fourth-order valence-electron chi connectivity index (χ4n) is 3.20. The summed E-state index contributed by atoms with van der Waals surface area (Å²) in [5.74, 6) is -2.66. The second-order valence-corrected chi connectivity index (χ2v) is 7.81. The summed E-state index contributed by atoms with van der Waals surface area (Å²) in [5.41, 5.74) is 0. The Balaban J connectivity index is 4.56. The first kappa shape index (κ1) is 30.4. The normalized spacial score (nSPS) is 12.2. The second-order valence-electron chi connectivity index (χ2n) is 7.81. The van der Waals surface area contributed by atoms with E-state index in [9.17, 15) is 24.0 Å². The van der Waals surface area contributed by atoms with E-state index < -0.39 is 35.9 Å². The van der Waals surface area contributed by atoms with Crippen molar-refractivity contribution in [3.8, 4) is 0 Å². The Bertz CT molecular complexity index is 624. The van der Waals surface area contributed by atoms with Crippen LogP contribution in [0.4, 0.5) is 0 Å². The van der Waals surface area contributed by atoms with E-state index in [1.54, 1.807) is 0 Å². The zero-order valence-corrected chi connectivity index (χ0v) is 20.4. The van der Waals surface area contributed by atoms with Crippen LogP contribution in [0.5, 0.6) is 0 Å². The van der Waals surface area contributed by atoms with Gasteiger partial charge in [-0.2, -0.15) is 0 Å². The quantitative estimate of drug-likeness (QED) is 0.176. The van der Waals surface area contributed by atoms with Crippen molar-refractivity contribution in [1.82, 2.24) is 10.6 Å². The molecule has 0 aliphatic rings. The van der Waals surface area contributed by atoms with Gasteiger partial charge in [-0.05, 0) is 19.3 Å². The topological polar surface area (TPSA) is 137 Å². The summed E-state index contributed by atoms with van der Waals surface area (Å²) in [6.45, 7) is 2.16. The van der Waals surface area contributed by atoms with E-state index in [-0.39, 0.29) is 31.6 Å². The van der Waals surface area contributed by atoms with Gasteiger partial charge in [0.2, 0.25) is 11.8 Å². The number of hydrogen-bond donors (Lipinski definition) is 2. The van der Waals surface area contributed by atoms with E-state index in [1.165, 1.54) is 40.6 Å². The van der Waals surface area contributed by atoms with E-state index in [1.807, 2.05) is 0 Å². The van der Waals surface area contributed by atoms with Crippen LogP contribution in [-0.2, 0) is 38.2 Å². The minimum atomic E-state index is -1.02. The maximum Gasteiger partial charge on any atom is 0.328 e. The molecular formula is C23H40N2O8. The van der Waals surface area contributed by atoms with Gasteiger partial charge in [0.1, 0.15) is 12.1 Å². The third-order valence-corrected chi connectivity index (χ3v) is 5.17. The van der Waals surface area contributed by atoms with Crippen LogP contribution < -0.4 is 10.6 Å². The van der Waals surface area contributed by atoms with Gasteiger partial charge >= 0.3 is 17.9 Å². The molecular weight excluding hydrogens is 432 g/mol. The SMILES string of the molecule is CCCCCCCCCC(=O)N[C@@H](CCC(=O)N[C@@H](CCC(=O)OC)C(=O)OC)C(=O)OC. The number of esters is 3. The van der Waals surface area contributed by atoms with Crippen molar-refractivity contribution >= 4 is 29.7 Å². The molecule has 0 aliphatic heterocycles. The van der Waals surface area contributed by atoms with E-state index >= 15 is 0 Å². The smallest absolute Gasteiger partial charge is 0.328 e. The molecule has 0 aromatic carbocycles. The number of nitrogens with one attached hydrogen (secondary N) is 2. The number of amides is 2. The summed E-state index contributed by atoms with van der Waals surface area (Å²) in [6, 6.07) is -1.99. The summed E-state index contributed by atoms with van der Waals surface area (Å²) < 4.78 is 13.9. The van der Waals surface area contributed by atoms with Crippen LogP contribution in [0.25, 0.3) is 0 Å². The molecule has 10 heteroatoms. The Labute approximate surface area is 196 Å². The van der Waals surface area contributed by atoms with Crippen molar-refractivity contribution in [1.29, 1.82) is 0 Å². The average Bonchev–Trinajstić information content (AvgIpc) is 2.82. The van der Waals surface area contributed by atoms with Crippen molar-refractivity contribution in [2.75, 3.05) is 21.3 Å². The first-order valence-corrected chi connectivity index (χ1v) is 11.6. The van der Waals surface area contributed by atoms with Gasteiger partial charge in [0.15, 0.2) is 0 Å². The van der Waals surface area contributed by atoms with Gasteiger partial charge < -0.3 is 24.8 Å². The van der Waals surface area contributed by atoms with E-state index in [2.05, 4.69) is 27.0 Å². The van der Waals surface area contributed by atoms with Crippen molar-refractivity contribution in [3.05, 3.63) is 0 Å². The monoisotopic (exact) mass is 472 g/mol. The highest BCUT2D eigenvalue weighted by atomic mass is 16.5. The molecule has 0 aromatic rings. The summed E-state index contributed by atoms with van der Waals surface area (Å²) in [4.78, 5) is 59.7. The standard InChI is InChI=1S/C23H40N2O8/c1-5-6-7-8-9-10-11-12-19(26)24-17(22(29)32-3)13-15-20(27)25-18(23(30)33-4)14-16-21(28)31-2/h17-18H,5-16H2,1-4H3,(H,24,26)(H,25,27)/t17-,18-/m0/s1. The maximum absolute atomic E-state index is 12.3. The Hall–Kier alpha value is -2.65. The van der Waals surface area contributed by atoms with E-state index in [0.717, 1.165) is 25.7 Å². The third-order valence-electron chi connectivity index (χ3n) is 5.17. The molecule has 2 amide bonds. The first-order valence-electron chi connectivity index (χ1n) is 11.6. The molecule has 0 saturated carbocycles. The molecule has 0 bridgehead atoms. The number of carbonyl (C=O) groups excluding carboxylic acids is 5. The lowest BCUT2D eigenvalue weighted by Crippen LogP contribution is -2.44. The number of hydrogen-bond acceptors (Lipinski definition) is 8. The lowest BCUT2D eigenvalue weighted by atomic mass is 10.1. The number of methoxy groups -OCH3 is 3. The van der Waals surface area contributed by atoms with Crippen LogP contribution in [0.1, 0.15) is 84.0 Å². The van der Waals surface area contributed by atoms with Gasteiger partial charge in [-0.1, -0.05) is 45.4 Å². The average molecular weight is 473 g/mol. The van der Waals surface area contributed by atoms with Gasteiger partial charge in [0.25, 0.3) is 0 Å². The predicted octanol–water partition coefficient (Wildman–Crippen LogP) is 2.18. The number of carbonyl (C=O) groups is 5. The van der Waals surface area contributed by atoms with Crippen LogP contribution in [0, 0.1) is 0 Å². The molecule has 0 spiro atoms. The van der Waals surface area contributed by atoms with Crippen molar-refractivity contribution < 1.29 is 38.2 Å². The molecule has 33 heavy (non-hydrogen) atoms. The van der Waals surface area contributed by atoms with Crippen molar-refractivity contribution in [2.45, 2.75) is 96.1 Å². The van der Waals surface area contributed by atoms with Crippen LogP contribution in [0.3, 0.4) is 0 Å². The zero-order valence-electron chi connectivity index (χ0n) is 20.4. The zero-order chi connectivity index (χ0) is 25.1. The molecule has 2 N–H and O–H groups in total. The van der Waals surface area contributed by atoms with Crippen LogP contribution in [0.15, 0.2) is 0 Å². The minimum Gasteiger partial charge on any atom is -0.469 e. The summed E-state index contributed by atoms with van der Waals surface area (Å²) in [6.07, 6.45) is 7.63. The molecule has 2 atom stereocenters. The lowest BCUT2D eigenvalue weighted by molar-refractivity contribution is -0.147. The molecule has 10 nitrogen and oxygen atoms in total. The Morgan fingerprint density at radius 1 is 0.606 bits per heavy atom. The largest absolute Gasteiger partial charge is 0.469 e. The molecule has 0 aromatic heterocycles. The highest BCUT2D eigenvalue weighted by molar-refractivity contribution is 5.87. The Morgan fingerprint density at radius 2 is 1.06 bits per heavy atom. The highest BCUT2D eigenvalue weighted by Crippen LogP contribution is 2.09. The summed E-state index contributed by atoms with van der Waals surface area (Å²) >= 11 is 0. The van der Waals surface area contributed by atoms with Gasteiger partial charge in [-0.15, -0.1) is 0 Å². The second kappa shape index (κ2) is 18.9. The van der Waals surface area contributed by atoms with Gasteiger partial charge in [0.05, 0.1) is 21.3 Å². The number of ether oxygens (including phenoxy) is 3. The number of unbranched alkanes of at least 4 members (excludes halogenated alkanes) is 6. The number of rotatable bonds is 18. The molecule has 0 aliphatic carbocycles. The molecule has 0 radical (unpaired) electrons. The molecule has 0 heterocycles. The molecule has 190 valence electrons. The summed E-state index contributed by atoms with van der Waals surface area (Å²) in [5, 5.41) is 5.11. The Morgan fingerprint density at radius 3 is 1.55 bits per heavy atom. The van der Waals surface area contributed by atoms with E-state index in [4.69, 9.17) is 4.74 Å². The predicted molar refractivity (Wildman–Crippen MR) is 121 cm³/mol. The third kappa shape index (κ3) is 14.9. The van der Waals surface area contributed by atoms with Crippen LogP contribution >= 0.6 is 0 Å². The van der Waals surface area contributed by atoms with Crippen molar-refractivity contribution in [3.63, 3.8) is 0 Å². The van der Waals surface area contributed by atoms with Crippen LogP contribution in [-0.4, -0.2) is 63.1 Å². The molecule has 0 fully saturated rings. The van der Waals surface area contributed by atoms with Gasteiger partial charge in [-0.3, -0.25) is 14.4 Å². The van der Waals surface area contributed by atoms with Gasteiger partial charge in [0, 0.05) is 19.3 Å². The lowest BCUT2D eigenvalue weighted by Gasteiger charge is -2.18. The molecule has 0 saturated heterocycles. The highest BCUT2D eigenvalue weighted by Gasteiger charge is 2.25.